The van der Waals surface area contributed by atoms with Crippen molar-refractivity contribution in [2.24, 2.45) is 5.92 Å². The Kier molecular flexibility index (Phi) is 5.88. The van der Waals surface area contributed by atoms with Crippen LogP contribution in [0.1, 0.15) is 13.8 Å². The van der Waals surface area contributed by atoms with Crippen molar-refractivity contribution in [3.05, 3.63) is 43.9 Å². The summed E-state index contributed by atoms with van der Waals surface area (Å²) in [5, 5.41) is 0.496. The van der Waals surface area contributed by atoms with E-state index in [-0.39, 0.29) is 15.5 Å². The highest BCUT2D eigenvalue weighted by molar-refractivity contribution is 9.10. The van der Waals surface area contributed by atoms with Crippen molar-refractivity contribution in [3.8, 4) is 0 Å². The number of rotatable bonds is 4. The van der Waals surface area contributed by atoms with Gasteiger partial charge in [-0.2, -0.15) is 4.98 Å². The third kappa shape index (κ3) is 4.02. The van der Waals surface area contributed by atoms with Gasteiger partial charge in [0.25, 0.3) is 0 Å². The average Bonchev–Trinajstić information content (AvgIpc) is 2.40. The molecule has 1 aromatic heterocycles. The molecular formula is C14H12BrCl3FN3. The summed E-state index contributed by atoms with van der Waals surface area (Å²) >= 11 is 21.5. The molecule has 0 atom stereocenters. The van der Waals surface area contributed by atoms with Gasteiger partial charge in [0, 0.05) is 6.54 Å². The normalized spacial score (nSPS) is 11.1. The van der Waals surface area contributed by atoms with E-state index >= 15 is 0 Å². The highest BCUT2D eigenvalue weighted by atomic mass is 79.9. The summed E-state index contributed by atoms with van der Waals surface area (Å²) in [7, 11) is 0. The first kappa shape index (κ1) is 17.7. The van der Waals surface area contributed by atoms with Crippen LogP contribution in [0.5, 0.6) is 0 Å². The molecule has 0 aliphatic heterocycles. The van der Waals surface area contributed by atoms with E-state index in [0.29, 0.717) is 28.4 Å². The van der Waals surface area contributed by atoms with Crippen LogP contribution < -0.4 is 4.90 Å². The molecule has 22 heavy (non-hydrogen) atoms. The second kappa shape index (κ2) is 7.30. The van der Waals surface area contributed by atoms with Crippen LogP contribution in [0, 0.1) is 11.7 Å². The van der Waals surface area contributed by atoms with Crippen molar-refractivity contribution in [2.75, 3.05) is 11.4 Å². The fraction of sp³-hybridized carbons (Fsp3) is 0.286. The molecule has 1 aromatic carbocycles. The third-order valence-electron chi connectivity index (χ3n) is 2.77. The van der Waals surface area contributed by atoms with Crippen LogP contribution in [0.3, 0.4) is 0 Å². The molecule has 8 heteroatoms. The molecule has 0 aliphatic carbocycles. The first-order chi connectivity index (χ1) is 10.3. The van der Waals surface area contributed by atoms with Gasteiger partial charge in [0.2, 0.25) is 5.28 Å². The molecule has 0 unspecified atom stereocenters. The molecule has 0 spiro atoms. The monoisotopic (exact) mass is 425 g/mol. The first-order valence-corrected chi connectivity index (χ1v) is 8.33. The Morgan fingerprint density at radius 3 is 2.50 bits per heavy atom. The van der Waals surface area contributed by atoms with Gasteiger partial charge in [0.1, 0.15) is 11.0 Å². The van der Waals surface area contributed by atoms with E-state index in [1.54, 1.807) is 6.07 Å². The molecule has 0 saturated carbocycles. The molecule has 2 rings (SSSR count). The Bertz CT molecular complexity index is 697. The lowest BCUT2D eigenvalue weighted by atomic mass is 10.2. The average molecular weight is 428 g/mol. The molecule has 1 heterocycles. The fourth-order valence-corrected chi connectivity index (χ4v) is 2.96. The second-order valence-corrected chi connectivity index (χ2v) is 6.92. The molecule has 3 nitrogen and oxygen atoms in total. The number of anilines is 2. The highest BCUT2D eigenvalue weighted by Gasteiger charge is 2.21. The van der Waals surface area contributed by atoms with E-state index in [9.17, 15) is 4.39 Å². The molecular weight excluding hydrogens is 415 g/mol. The summed E-state index contributed by atoms with van der Waals surface area (Å²) in [5.41, 5.74) is 0.614. The van der Waals surface area contributed by atoms with Crippen molar-refractivity contribution in [3.63, 3.8) is 0 Å². The van der Waals surface area contributed by atoms with Crippen LogP contribution in [0.2, 0.25) is 15.5 Å². The quantitative estimate of drug-likeness (QED) is 0.434. The van der Waals surface area contributed by atoms with Gasteiger partial charge in [-0.25, -0.2) is 9.37 Å². The molecule has 0 aliphatic rings. The summed E-state index contributed by atoms with van der Waals surface area (Å²) in [4.78, 5) is 9.93. The van der Waals surface area contributed by atoms with E-state index in [0.717, 1.165) is 0 Å². The van der Waals surface area contributed by atoms with Gasteiger partial charge in [-0.15, -0.1) is 0 Å². The van der Waals surface area contributed by atoms with Crippen molar-refractivity contribution in [2.45, 2.75) is 13.8 Å². The van der Waals surface area contributed by atoms with E-state index in [4.69, 9.17) is 34.8 Å². The van der Waals surface area contributed by atoms with Crippen LogP contribution in [0.15, 0.2) is 22.7 Å². The minimum absolute atomic E-state index is 0.0233. The van der Waals surface area contributed by atoms with Crippen molar-refractivity contribution in [1.82, 2.24) is 9.97 Å². The minimum atomic E-state index is -0.406. The second-order valence-electron chi connectivity index (χ2n) is 5.02. The summed E-state index contributed by atoms with van der Waals surface area (Å²) in [6, 6.07) is 4.19. The molecule has 118 valence electrons. The minimum Gasteiger partial charge on any atom is -0.324 e. The largest absolute Gasteiger partial charge is 0.324 e. The van der Waals surface area contributed by atoms with Gasteiger partial charge in [-0.1, -0.05) is 37.0 Å². The lowest BCUT2D eigenvalue weighted by Crippen LogP contribution is -2.24. The molecule has 0 amide bonds. The number of nitrogens with zero attached hydrogens (tertiary/aromatic N) is 3. The summed E-state index contributed by atoms with van der Waals surface area (Å²) in [5.74, 6) is 0.365. The molecule has 0 N–H and O–H groups in total. The lowest BCUT2D eigenvalue weighted by molar-refractivity contribution is 0.625. The van der Waals surface area contributed by atoms with Gasteiger partial charge >= 0.3 is 0 Å². The van der Waals surface area contributed by atoms with Crippen LogP contribution in [0.25, 0.3) is 0 Å². The number of hydrogen-bond acceptors (Lipinski definition) is 3. The molecule has 2 aromatic rings. The molecule has 0 bridgehead atoms. The van der Waals surface area contributed by atoms with E-state index in [1.807, 2.05) is 18.7 Å². The number of aromatic nitrogens is 2. The maximum absolute atomic E-state index is 13.3. The summed E-state index contributed by atoms with van der Waals surface area (Å²) in [6.07, 6.45) is 0. The number of hydrogen-bond donors (Lipinski definition) is 0. The van der Waals surface area contributed by atoms with Gasteiger partial charge in [0.15, 0.2) is 5.82 Å². The Balaban J connectivity index is 2.60. The Labute approximate surface area is 151 Å². The number of benzene rings is 1. The van der Waals surface area contributed by atoms with E-state index < -0.39 is 5.82 Å². The zero-order valence-electron chi connectivity index (χ0n) is 11.7. The van der Waals surface area contributed by atoms with Gasteiger partial charge in [-0.3, -0.25) is 0 Å². The zero-order valence-corrected chi connectivity index (χ0v) is 15.6. The predicted octanol–water partition coefficient (Wildman–Crippen LogP) is 6.13. The molecule has 0 radical (unpaired) electrons. The lowest BCUT2D eigenvalue weighted by Gasteiger charge is -2.27. The van der Waals surface area contributed by atoms with E-state index in [2.05, 4.69) is 25.9 Å². The van der Waals surface area contributed by atoms with Gasteiger partial charge < -0.3 is 4.90 Å². The van der Waals surface area contributed by atoms with Gasteiger partial charge in [-0.05, 0) is 51.6 Å². The van der Waals surface area contributed by atoms with Crippen LogP contribution in [-0.2, 0) is 0 Å². The Morgan fingerprint density at radius 2 is 1.91 bits per heavy atom. The topological polar surface area (TPSA) is 29.0 Å². The maximum Gasteiger partial charge on any atom is 0.225 e. The molecule has 0 fully saturated rings. The van der Waals surface area contributed by atoms with E-state index in [1.165, 1.54) is 12.1 Å². The standard InChI is InChI=1S/C14H12BrCl3FN3/c1-7(2)6-22(10-4-3-8(19)5-9(10)16)13-11(15)12(17)20-14(18)21-13/h3-5,7H,6H2,1-2H3. The van der Waals surface area contributed by atoms with Gasteiger partial charge in [0.05, 0.1) is 15.2 Å². The first-order valence-electron chi connectivity index (χ1n) is 6.40. The fourth-order valence-electron chi connectivity index (χ4n) is 1.93. The van der Waals surface area contributed by atoms with Crippen molar-refractivity contribution in [1.29, 1.82) is 0 Å². The predicted molar refractivity (Wildman–Crippen MR) is 93.0 cm³/mol. The summed E-state index contributed by atoms with van der Waals surface area (Å²) < 4.78 is 13.8. The summed E-state index contributed by atoms with van der Waals surface area (Å²) in [6.45, 7) is 4.68. The van der Waals surface area contributed by atoms with Crippen LogP contribution in [-0.4, -0.2) is 16.5 Å². The smallest absolute Gasteiger partial charge is 0.225 e. The maximum atomic E-state index is 13.3. The third-order valence-corrected chi connectivity index (χ3v) is 4.47. The Hall–Kier alpha value is -0.620. The van der Waals surface area contributed by atoms with Crippen molar-refractivity contribution >= 4 is 62.2 Å². The zero-order chi connectivity index (χ0) is 16.4. The number of halogens is 5. The Morgan fingerprint density at radius 1 is 1.23 bits per heavy atom. The van der Waals surface area contributed by atoms with Crippen molar-refractivity contribution < 1.29 is 4.39 Å². The molecule has 0 saturated heterocycles. The van der Waals surface area contributed by atoms with Crippen LogP contribution >= 0.6 is 50.7 Å². The van der Waals surface area contributed by atoms with Crippen LogP contribution in [0.4, 0.5) is 15.9 Å². The highest BCUT2D eigenvalue weighted by Crippen LogP contribution is 2.38. The SMILES string of the molecule is CC(C)CN(c1ccc(F)cc1Cl)c1nc(Cl)nc(Cl)c1Br.